The molecule has 0 aliphatic carbocycles. The maximum absolute atomic E-state index is 6.12. The van der Waals surface area contributed by atoms with Crippen LogP contribution in [0.4, 0.5) is 0 Å². The Morgan fingerprint density at radius 1 is 1.28 bits per heavy atom. The monoisotopic (exact) mass is 284 g/mol. The van der Waals surface area contributed by atoms with Crippen molar-refractivity contribution in [1.29, 1.82) is 0 Å². The molecule has 0 spiro atoms. The summed E-state index contributed by atoms with van der Waals surface area (Å²) in [5, 5.41) is 5.57. The summed E-state index contributed by atoms with van der Waals surface area (Å²) in [7, 11) is 1.82. The first-order chi connectivity index (χ1) is 8.58. The van der Waals surface area contributed by atoms with E-state index in [-0.39, 0.29) is 0 Å². The number of halogens is 2. The van der Waals surface area contributed by atoms with Gasteiger partial charge in [-0.2, -0.15) is 5.10 Å². The van der Waals surface area contributed by atoms with Crippen molar-refractivity contribution >= 4 is 23.2 Å². The third kappa shape index (κ3) is 3.05. The number of aryl methyl sites for hydroxylation is 2. The van der Waals surface area contributed by atoms with Crippen LogP contribution in [0.5, 0.6) is 0 Å². The number of hydrogen-bond donors (Lipinski definition) is 0. The van der Waals surface area contributed by atoms with Crippen LogP contribution < -0.4 is 0 Å². The number of nitrogens with zero attached hydrogens (tertiary/aromatic N) is 2. The van der Waals surface area contributed by atoms with E-state index in [1.807, 2.05) is 38.2 Å². The van der Waals surface area contributed by atoms with Gasteiger partial charge in [0.1, 0.15) is 5.15 Å². The molecule has 0 saturated carbocycles. The van der Waals surface area contributed by atoms with E-state index in [0.29, 0.717) is 23.4 Å². The SMILES string of the molecule is Cc1nn(C)c(Cl)c1COCc1cccc(Cl)c1. The fourth-order valence-corrected chi connectivity index (χ4v) is 2.18. The maximum Gasteiger partial charge on any atom is 0.132 e. The zero-order valence-electron chi connectivity index (χ0n) is 10.3. The zero-order chi connectivity index (χ0) is 13.1. The Morgan fingerprint density at radius 2 is 2.06 bits per heavy atom. The maximum atomic E-state index is 6.12. The lowest BCUT2D eigenvalue weighted by Crippen LogP contribution is -1.95. The standard InChI is InChI=1S/C13H14Cl2N2O/c1-9-12(13(15)17(2)16-9)8-18-7-10-4-3-5-11(14)6-10/h3-6H,7-8H2,1-2H3. The Labute approximate surface area is 116 Å². The van der Waals surface area contributed by atoms with Gasteiger partial charge in [0.05, 0.1) is 18.9 Å². The molecule has 96 valence electrons. The van der Waals surface area contributed by atoms with Gasteiger partial charge in [0, 0.05) is 17.6 Å². The summed E-state index contributed by atoms with van der Waals surface area (Å²) in [6, 6.07) is 7.61. The van der Waals surface area contributed by atoms with Gasteiger partial charge in [-0.25, -0.2) is 0 Å². The smallest absolute Gasteiger partial charge is 0.132 e. The second-order valence-corrected chi connectivity index (χ2v) is 4.90. The zero-order valence-corrected chi connectivity index (χ0v) is 11.8. The molecule has 3 nitrogen and oxygen atoms in total. The minimum atomic E-state index is 0.449. The van der Waals surface area contributed by atoms with E-state index in [9.17, 15) is 0 Å². The largest absolute Gasteiger partial charge is 0.372 e. The number of benzene rings is 1. The molecular weight excluding hydrogens is 271 g/mol. The van der Waals surface area contributed by atoms with Crippen LogP contribution in [0.15, 0.2) is 24.3 Å². The highest BCUT2D eigenvalue weighted by atomic mass is 35.5. The molecule has 18 heavy (non-hydrogen) atoms. The molecule has 0 fully saturated rings. The molecule has 0 bridgehead atoms. The minimum absolute atomic E-state index is 0.449. The Bertz CT molecular complexity index is 552. The molecule has 1 aromatic heterocycles. The predicted octanol–water partition coefficient (Wildman–Crippen LogP) is 3.75. The summed E-state index contributed by atoms with van der Waals surface area (Å²) >= 11 is 12.0. The van der Waals surface area contributed by atoms with Crippen molar-refractivity contribution in [2.75, 3.05) is 0 Å². The Kier molecular flexibility index (Phi) is 4.27. The normalized spacial score (nSPS) is 10.9. The lowest BCUT2D eigenvalue weighted by atomic mass is 10.2. The van der Waals surface area contributed by atoms with Crippen LogP contribution in [0, 0.1) is 6.92 Å². The molecule has 0 aliphatic heterocycles. The van der Waals surface area contributed by atoms with Crippen LogP contribution in [-0.2, 0) is 25.0 Å². The van der Waals surface area contributed by atoms with Gasteiger partial charge in [-0.3, -0.25) is 4.68 Å². The first kappa shape index (κ1) is 13.4. The van der Waals surface area contributed by atoms with Gasteiger partial charge in [-0.05, 0) is 24.6 Å². The summed E-state index contributed by atoms with van der Waals surface area (Å²) in [5.74, 6) is 0. The van der Waals surface area contributed by atoms with Crippen molar-refractivity contribution in [3.63, 3.8) is 0 Å². The van der Waals surface area contributed by atoms with Crippen LogP contribution in [0.25, 0.3) is 0 Å². The number of rotatable bonds is 4. The molecule has 0 unspecified atom stereocenters. The van der Waals surface area contributed by atoms with Gasteiger partial charge in [0.2, 0.25) is 0 Å². The summed E-state index contributed by atoms with van der Waals surface area (Å²) in [5.41, 5.74) is 2.87. The van der Waals surface area contributed by atoms with E-state index >= 15 is 0 Å². The lowest BCUT2D eigenvalue weighted by molar-refractivity contribution is 0.107. The summed E-state index contributed by atoms with van der Waals surface area (Å²) in [4.78, 5) is 0. The Morgan fingerprint density at radius 3 is 2.67 bits per heavy atom. The van der Waals surface area contributed by atoms with Gasteiger partial charge in [0.15, 0.2) is 0 Å². The van der Waals surface area contributed by atoms with Gasteiger partial charge < -0.3 is 4.74 Å². The van der Waals surface area contributed by atoms with Crippen molar-refractivity contribution in [3.05, 3.63) is 51.3 Å². The first-order valence-corrected chi connectivity index (χ1v) is 6.33. The van der Waals surface area contributed by atoms with E-state index in [0.717, 1.165) is 16.8 Å². The van der Waals surface area contributed by atoms with Crippen LogP contribution in [-0.4, -0.2) is 9.78 Å². The molecule has 0 aliphatic rings. The van der Waals surface area contributed by atoms with Crippen molar-refractivity contribution < 1.29 is 4.74 Å². The highest BCUT2D eigenvalue weighted by Crippen LogP contribution is 2.20. The highest BCUT2D eigenvalue weighted by molar-refractivity contribution is 6.30. The molecule has 5 heteroatoms. The Balaban J connectivity index is 1.96. The second-order valence-electron chi connectivity index (χ2n) is 4.10. The van der Waals surface area contributed by atoms with E-state index in [1.165, 1.54) is 0 Å². The third-order valence-electron chi connectivity index (χ3n) is 2.67. The molecule has 0 atom stereocenters. The van der Waals surface area contributed by atoms with E-state index in [1.54, 1.807) is 4.68 Å². The molecular formula is C13H14Cl2N2O. The summed E-state index contributed by atoms with van der Waals surface area (Å²) in [6.07, 6.45) is 0. The van der Waals surface area contributed by atoms with Crippen LogP contribution in [0.3, 0.4) is 0 Å². The van der Waals surface area contributed by atoms with Crippen LogP contribution in [0.1, 0.15) is 16.8 Å². The van der Waals surface area contributed by atoms with Crippen molar-refractivity contribution in [2.45, 2.75) is 20.1 Å². The molecule has 0 saturated heterocycles. The average Bonchev–Trinajstić information content (AvgIpc) is 2.56. The van der Waals surface area contributed by atoms with E-state index in [2.05, 4.69) is 5.10 Å². The third-order valence-corrected chi connectivity index (χ3v) is 3.38. The average molecular weight is 285 g/mol. The van der Waals surface area contributed by atoms with Gasteiger partial charge in [-0.15, -0.1) is 0 Å². The molecule has 0 radical (unpaired) electrons. The molecule has 0 N–H and O–H groups in total. The topological polar surface area (TPSA) is 27.1 Å². The number of ether oxygens (including phenoxy) is 1. The minimum Gasteiger partial charge on any atom is -0.372 e. The van der Waals surface area contributed by atoms with Crippen LogP contribution >= 0.6 is 23.2 Å². The Hall–Kier alpha value is -1.03. The quantitative estimate of drug-likeness (QED) is 0.855. The summed E-state index contributed by atoms with van der Waals surface area (Å²) < 4.78 is 7.29. The molecule has 2 rings (SSSR count). The first-order valence-electron chi connectivity index (χ1n) is 5.58. The van der Waals surface area contributed by atoms with Gasteiger partial charge >= 0.3 is 0 Å². The predicted molar refractivity (Wildman–Crippen MR) is 72.9 cm³/mol. The van der Waals surface area contributed by atoms with Crippen molar-refractivity contribution in [2.24, 2.45) is 7.05 Å². The number of aromatic nitrogens is 2. The second kappa shape index (κ2) is 5.74. The molecule has 0 amide bonds. The fourth-order valence-electron chi connectivity index (χ4n) is 1.74. The molecule has 1 heterocycles. The van der Waals surface area contributed by atoms with E-state index in [4.69, 9.17) is 27.9 Å². The van der Waals surface area contributed by atoms with Gasteiger partial charge in [0.25, 0.3) is 0 Å². The highest BCUT2D eigenvalue weighted by Gasteiger charge is 2.10. The van der Waals surface area contributed by atoms with Crippen molar-refractivity contribution in [1.82, 2.24) is 9.78 Å². The molecule has 2 aromatic rings. The van der Waals surface area contributed by atoms with Crippen LogP contribution in [0.2, 0.25) is 10.2 Å². The number of hydrogen-bond acceptors (Lipinski definition) is 2. The van der Waals surface area contributed by atoms with Crippen molar-refractivity contribution in [3.8, 4) is 0 Å². The van der Waals surface area contributed by atoms with E-state index < -0.39 is 0 Å². The molecule has 1 aromatic carbocycles. The van der Waals surface area contributed by atoms with Gasteiger partial charge in [-0.1, -0.05) is 35.3 Å². The lowest BCUT2D eigenvalue weighted by Gasteiger charge is -2.05. The fraction of sp³-hybridized carbons (Fsp3) is 0.308. The summed E-state index contributed by atoms with van der Waals surface area (Å²) in [6.45, 7) is 2.88.